The number of aryl methyl sites for hydroxylation is 2. The van der Waals surface area contributed by atoms with Crippen molar-refractivity contribution in [1.29, 1.82) is 0 Å². The number of methoxy groups -OCH3 is 1. The van der Waals surface area contributed by atoms with Gasteiger partial charge in [-0.1, -0.05) is 0 Å². The zero-order chi connectivity index (χ0) is 20.7. The monoisotopic (exact) mass is 393 g/mol. The van der Waals surface area contributed by atoms with Gasteiger partial charge in [-0.25, -0.2) is 4.98 Å². The van der Waals surface area contributed by atoms with Crippen LogP contribution in [0.5, 0.6) is 5.75 Å². The summed E-state index contributed by atoms with van der Waals surface area (Å²) in [7, 11) is 4.91. The van der Waals surface area contributed by atoms with E-state index >= 15 is 0 Å². The topological polar surface area (TPSA) is 98.1 Å². The standard InChI is InChI=1S/C21H23N5O3/c1-11-18-14(10-15(12-5-6-12)23-19(18)26(3)25-11)21(28)24-16-9-13(20(27)22-2)7-8-17(16)29-4/h7-10,12H,5-6H2,1-4H3,(H,22,27)(H,24,28). The van der Waals surface area contributed by atoms with E-state index in [-0.39, 0.29) is 11.8 Å². The van der Waals surface area contributed by atoms with E-state index in [1.165, 1.54) is 7.11 Å². The highest BCUT2D eigenvalue weighted by atomic mass is 16.5. The molecule has 3 aromatic rings. The Kier molecular flexibility index (Phi) is 4.70. The van der Waals surface area contributed by atoms with Crippen molar-refractivity contribution in [2.45, 2.75) is 25.7 Å². The van der Waals surface area contributed by atoms with Crippen molar-refractivity contribution >= 4 is 28.5 Å². The fourth-order valence-corrected chi connectivity index (χ4v) is 3.51. The van der Waals surface area contributed by atoms with E-state index in [9.17, 15) is 9.59 Å². The lowest BCUT2D eigenvalue weighted by atomic mass is 10.1. The number of aromatic nitrogens is 3. The molecule has 2 amide bonds. The van der Waals surface area contributed by atoms with Crippen molar-refractivity contribution in [2.75, 3.05) is 19.5 Å². The summed E-state index contributed by atoms with van der Waals surface area (Å²) in [6.45, 7) is 1.87. The lowest BCUT2D eigenvalue weighted by Crippen LogP contribution is -2.19. The number of amides is 2. The molecule has 2 heterocycles. The van der Waals surface area contributed by atoms with Crippen molar-refractivity contribution < 1.29 is 14.3 Å². The number of nitrogens with zero attached hydrogens (tertiary/aromatic N) is 3. The number of rotatable bonds is 5. The third-order valence-corrected chi connectivity index (χ3v) is 5.17. The lowest BCUT2D eigenvalue weighted by Gasteiger charge is -2.13. The minimum atomic E-state index is -0.289. The van der Waals surface area contributed by atoms with Crippen molar-refractivity contribution in [1.82, 2.24) is 20.1 Å². The molecule has 0 bridgehead atoms. The highest BCUT2D eigenvalue weighted by Crippen LogP contribution is 2.40. The zero-order valence-corrected chi connectivity index (χ0v) is 16.9. The minimum absolute atomic E-state index is 0.242. The van der Waals surface area contributed by atoms with E-state index in [0.29, 0.717) is 34.1 Å². The summed E-state index contributed by atoms with van der Waals surface area (Å²) in [5, 5.41) is 10.7. The van der Waals surface area contributed by atoms with E-state index in [1.54, 1.807) is 29.9 Å². The van der Waals surface area contributed by atoms with Crippen LogP contribution in [0.4, 0.5) is 5.69 Å². The number of anilines is 1. The second kappa shape index (κ2) is 7.20. The second-order valence-corrected chi connectivity index (χ2v) is 7.22. The molecule has 2 aromatic heterocycles. The molecule has 0 unspecified atom stereocenters. The average molecular weight is 393 g/mol. The number of benzene rings is 1. The number of carbonyl (C=O) groups excluding carboxylic acids is 2. The normalized spacial score (nSPS) is 13.4. The molecule has 0 saturated heterocycles. The first kappa shape index (κ1) is 18.9. The summed E-state index contributed by atoms with van der Waals surface area (Å²) in [5.74, 6) is 0.338. The summed E-state index contributed by atoms with van der Waals surface area (Å²) in [5.41, 5.74) is 3.74. The summed E-state index contributed by atoms with van der Waals surface area (Å²) in [6.07, 6.45) is 2.16. The van der Waals surface area contributed by atoms with Gasteiger partial charge >= 0.3 is 0 Å². The van der Waals surface area contributed by atoms with Crippen LogP contribution in [0.3, 0.4) is 0 Å². The molecule has 1 fully saturated rings. The first-order valence-electron chi connectivity index (χ1n) is 9.48. The van der Waals surface area contributed by atoms with Gasteiger partial charge in [0.2, 0.25) is 0 Å². The van der Waals surface area contributed by atoms with Crippen molar-refractivity contribution in [3.63, 3.8) is 0 Å². The van der Waals surface area contributed by atoms with Crippen LogP contribution in [0.1, 0.15) is 50.9 Å². The summed E-state index contributed by atoms with van der Waals surface area (Å²) in [6, 6.07) is 6.77. The van der Waals surface area contributed by atoms with E-state index in [0.717, 1.165) is 29.6 Å². The van der Waals surface area contributed by atoms with Crippen LogP contribution in [-0.2, 0) is 7.05 Å². The van der Waals surface area contributed by atoms with Crippen LogP contribution in [0.2, 0.25) is 0 Å². The van der Waals surface area contributed by atoms with E-state index in [2.05, 4.69) is 15.7 Å². The molecule has 0 spiro atoms. The van der Waals surface area contributed by atoms with Crippen molar-refractivity contribution in [3.05, 3.63) is 46.8 Å². The predicted molar refractivity (Wildman–Crippen MR) is 110 cm³/mol. The third kappa shape index (κ3) is 3.41. The first-order valence-corrected chi connectivity index (χ1v) is 9.48. The molecule has 1 aromatic carbocycles. The molecule has 1 aliphatic carbocycles. The van der Waals surface area contributed by atoms with Gasteiger partial charge in [0, 0.05) is 31.3 Å². The van der Waals surface area contributed by atoms with Crippen LogP contribution in [0.25, 0.3) is 11.0 Å². The maximum Gasteiger partial charge on any atom is 0.256 e. The van der Waals surface area contributed by atoms with Gasteiger partial charge in [-0.2, -0.15) is 5.10 Å². The van der Waals surface area contributed by atoms with E-state index in [1.807, 2.05) is 20.0 Å². The van der Waals surface area contributed by atoms with Gasteiger partial charge in [0.15, 0.2) is 5.65 Å². The second-order valence-electron chi connectivity index (χ2n) is 7.22. The first-order chi connectivity index (χ1) is 13.9. The van der Waals surface area contributed by atoms with Gasteiger partial charge in [-0.05, 0) is 44.0 Å². The Morgan fingerprint density at radius 1 is 1.21 bits per heavy atom. The van der Waals surface area contributed by atoms with Gasteiger partial charge in [-0.15, -0.1) is 0 Å². The van der Waals surface area contributed by atoms with Gasteiger partial charge in [0.05, 0.1) is 29.4 Å². The maximum absolute atomic E-state index is 13.3. The number of fused-ring (bicyclic) bond motifs is 1. The highest BCUT2D eigenvalue weighted by molar-refractivity contribution is 6.13. The van der Waals surface area contributed by atoms with Crippen molar-refractivity contribution in [3.8, 4) is 5.75 Å². The Morgan fingerprint density at radius 3 is 2.62 bits per heavy atom. The molecule has 0 aliphatic heterocycles. The molecule has 8 nitrogen and oxygen atoms in total. The molecule has 1 saturated carbocycles. The zero-order valence-electron chi connectivity index (χ0n) is 16.9. The largest absolute Gasteiger partial charge is 0.495 e. The van der Waals surface area contributed by atoms with Crippen molar-refractivity contribution in [2.24, 2.45) is 7.05 Å². The number of carbonyl (C=O) groups is 2. The smallest absolute Gasteiger partial charge is 0.256 e. The number of hydrogen-bond donors (Lipinski definition) is 2. The minimum Gasteiger partial charge on any atom is -0.495 e. The summed E-state index contributed by atoms with van der Waals surface area (Å²) < 4.78 is 7.07. The molecule has 4 rings (SSSR count). The quantitative estimate of drug-likeness (QED) is 0.695. The Morgan fingerprint density at radius 2 is 1.97 bits per heavy atom. The summed E-state index contributed by atoms with van der Waals surface area (Å²) in [4.78, 5) is 30.0. The average Bonchev–Trinajstić information content (AvgIpc) is 3.53. The predicted octanol–water partition coefficient (Wildman–Crippen LogP) is 2.77. The third-order valence-electron chi connectivity index (χ3n) is 5.17. The Hall–Kier alpha value is -3.42. The van der Waals surface area contributed by atoms with Gasteiger partial charge in [-0.3, -0.25) is 14.3 Å². The van der Waals surface area contributed by atoms with Crippen LogP contribution >= 0.6 is 0 Å². The fraction of sp³-hybridized carbons (Fsp3) is 0.333. The van der Waals surface area contributed by atoms with Gasteiger partial charge in [0.1, 0.15) is 5.75 Å². The molecule has 8 heteroatoms. The SMILES string of the molecule is CNC(=O)c1ccc(OC)c(NC(=O)c2cc(C3CC3)nc3c2c(C)nn3C)c1. The Labute approximate surface area is 168 Å². The molecular formula is C21H23N5O3. The number of hydrogen-bond acceptors (Lipinski definition) is 5. The molecule has 0 atom stereocenters. The lowest BCUT2D eigenvalue weighted by molar-refractivity contribution is 0.0961. The van der Waals surface area contributed by atoms with Crippen LogP contribution < -0.4 is 15.4 Å². The molecule has 1 aliphatic rings. The maximum atomic E-state index is 13.3. The van der Waals surface area contributed by atoms with E-state index in [4.69, 9.17) is 9.72 Å². The summed E-state index contributed by atoms with van der Waals surface area (Å²) >= 11 is 0. The number of pyridine rings is 1. The van der Waals surface area contributed by atoms with E-state index < -0.39 is 0 Å². The highest BCUT2D eigenvalue weighted by Gasteiger charge is 2.28. The number of nitrogens with one attached hydrogen (secondary N) is 2. The van der Waals surface area contributed by atoms with Crippen LogP contribution in [0.15, 0.2) is 24.3 Å². The Bertz CT molecular complexity index is 1130. The Balaban J connectivity index is 1.77. The van der Waals surface area contributed by atoms with Crippen LogP contribution in [0, 0.1) is 6.92 Å². The molecule has 0 radical (unpaired) electrons. The molecule has 2 N–H and O–H groups in total. The molecular weight excluding hydrogens is 370 g/mol. The number of ether oxygens (including phenoxy) is 1. The molecule has 150 valence electrons. The van der Waals surface area contributed by atoms with Crippen LogP contribution in [-0.4, -0.2) is 40.7 Å². The van der Waals surface area contributed by atoms with Gasteiger partial charge < -0.3 is 15.4 Å². The fourth-order valence-electron chi connectivity index (χ4n) is 3.51. The van der Waals surface area contributed by atoms with Gasteiger partial charge in [0.25, 0.3) is 11.8 Å². The molecule has 29 heavy (non-hydrogen) atoms.